The molecule has 2 heterocycles. The van der Waals surface area contributed by atoms with E-state index in [2.05, 4.69) is 14.9 Å². The van der Waals surface area contributed by atoms with Crippen LogP contribution in [0.4, 0.5) is 8.78 Å². The molecule has 0 aliphatic rings. The summed E-state index contributed by atoms with van der Waals surface area (Å²) < 4.78 is 39.4. The molecule has 3 aromatic rings. The Morgan fingerprint density at radius 1 is 1.31 bits per heavy atom. The first-order valence-electron chi connectivity index (χ1n) is 7.42. The molecule has 0 atom stereocenters. The smallest absolute Gasteiger partial charge is 0.387 e. The minimum absolute atomic E-state index is 0.0516. The molecule has 3 rings (SSSR count). The third-order valence-corrected chi connectivity index (χ3v) is 4.03. The van der Waals surface area contributed by atoms with E-state index in [0.29, 0.717) is 17.1 Å². The lowest BCUT2D eigenvalue weighted by Gasteiger charge is -2.09. The first-order chi connectivity index (χ1) is 12.7. The van der Waals surface area contributed by atoms with Crippen LogP contribution in [0.15, 0.2) is 51.5 Å². The van der Waals surface area contributed by atoms with Crippen molar-refractivity contribution in [1.29, 1.82) is 0 Å². The number of alkyl halides is 2. The van der Waals surface area contributed by atoms with Crippen molar-refractivity contribution in [3.63, 3.8) is 0 Å². The van der Waals surface area contributed by atoms with Gasteiger partial charge in [0, 0.05) is 5.56 Å². The van der Waals surface area contributed by atoms with Gasteiger partial charge in [0.2, 0.25) is 5.89 Å². The van der Waals surface area contributed by atoms with Crippen LogP contribution >= 0.6 is 11.3 Å². The van der Waals surface area contributed by atoms with Crippen LogP contribution in [0.25, 0.3) is 10.8 Å². The molecule has 0 aliphatic carbocycles. The van der Waals surface area contributed by atoms with Gasteiger partial charge in [-0.05, 0) is 29.6 Å². The van der Waals surface area contributed by atoms with Crippen LogP contribution in [-0.4, -0.2) is 24.9 Å². The van der Waals surface area contributed by atoms with E-state index in [1.165, 1.54) is 43.1 Å². The van der Waals surface area contributed by atoms with Crippen molar-refractivity contribution < 1.29 is 27.5 Å². The van der Waals surface area contributed by atoms with Crippen molar-refractivity contribution in [1.82, 2.24) is 4.98 Å². The topological polar surface area (TPSA) is 66.1 Å². The molecule has 0 aliphatic heterocycles. The fraction of sp³-hybridized carbons (Fsp3) is 0.176. The van der Waals surface area contributed by atoms with E-state index in [4.69, 9.17) is 14.0 Å². The van der Waals surface area contributed by atoms with Crippen molar-refractivity contribution in [2.45, 2.75) is 13.2 Å². The molecule has 6 nitrogen and oxygen atoms in total. The van der Waals surface area contributed by atoms with Crippen molar-refractivity contribution in [3.8, 4) is 22.3 Å². The third kappa shape index (κ3) is 4.57. The molecule has 26 heavy (non-hydrogen) atoms. The minimum atomic E-state index is -2.92. The first kappa shape index (κ1) is 17.9. The lowest BCUT2D eigenvalue weighted by Crippen LogP contribution is -2.03. The highest BCUT2D eigenvalue weighted by molar-refractivity contribution is 7.13. The Hall–Kier alpha value is -2.94. The zero-order chi connectivity index (χ0) is 18.4. The number of oxime groups is 1. The van der Waals surface area contributed by atoms with E-state index in [1.54, 1.807) is 6.07 Å². The lowest BCUT2D eigenvalue weighted by molar-refractivity contribution is -0.0512. The van der Waals surface area contributed by atoms with Crippen LogP contribution in [0.5, 0.6) is 11.5 Å². The highest BCUT2D eigenvalue weighted by Crippen LogP contribution is 2.29. The van der Waals surface area contributed by atoms with E-state index >= 15 is 0 Å². The molecular formula is C17H14F2N2O4S. The maximum absolute atomic E-state index is 12.3. The number of aromatic nitrogens is 1. The van der Waals surface area contributed by atoms with E-state index in [1.807, 2.05) is 17.5 Å². The summed E-state index contributed by atoms with van der Waals surface area (Å²) in [5.41, 5.74) is 1.20. The zero-order valence-electron chi connectivity index (χ0n) is 13.6. The molecule has 0 radical (unpaired) electrons. The van der Waals surface area contributed by atoms with Gasteiger partial charge in [-0.1, -0.05) is 11.2 Å². The summed E-state index contributed by atoms with van der Waals surface area (Å²) >= 11 is 1.53. The van der Waals surface area contributed by atoms with Gasteiger partial charge < -0.3 is 18.7 Å². The van der Waals surface area contributed by atoms with Gasteiger partial charge in [-0.25, -0.2) is 4.98 Å². The van der Waals surface area contributed by atoms with Gasteiger partial charge in [-0.3, -0.25) is 0 Å². The Balaban J connectivity index is 1.57. The van der Waals surface area contributed by atoms with Gasteiger partial charge in [-0.2, -0.15) is 8.78 Å². The van der Waals surface area contributed by atoms with Gasteiger partial charge in [-0.15, -0.1) is 11.3 Å². The second-order valence-corrected chi connectivity index (χ2v) is 5.87. The predicted octanol–water partition coefficient (Wildman–Crippen LogP) is 4.56. The number of rotatable bonds is 8. The number of thiophene rings is 1. The fourth-order valence-electron chi connectivity index (χ4n) is 2.05. The van der Waals surface area contributed by atoms with E-state index in [-0.39, 0.29) is 18.1 Å². The van der Waals surface area contributed by atoms with Crippen LogP contribution in [-0.2, 0) is 11.4 Å². The molecule has 2 aromatic heterocycles. The van der Waals surface area contributed by atoms with Crippen LogP contribution in [0.3, 0.4) is 0 Å². The average Bonchev–Trinajstić information content (AvgIpc) is 3.30. The third-order valence-electron chi connectivity index (χ3n) is 3.18. The highest BCUT2D eigenvalue weighted by Gasteiger charge is 2.11. The SMILES string of the molecule is COc1cc(/C=N/OCc2coc(-c3cccs3)n2)ccc1OC(F)F. The van der Waals surface area contributed by atoms with Crippen LogP contribution < -0.4 is 9.47 Å². The van der Waals surface area contributed by atoms with Crippen LogP contribution in [0, 0.1) is 0 Å². The van der Waals surface area contributed by atoms with Crippen molar-refractivity contribution in [2.24, 2.45) is 5.16 Å². The monoisotopic (exact) mass is 380 g/mol. The highest BCUT2D eigenvalue weighted by atomic mass is 32.1. The number of hydrogen-bond donors (Lipinski definition) is 0. The summed E-state index contributed by atoms with van der Waals surface area (Å²) in [7, 11) is 1.36. The molecule has 0 amide bonds. The molecule has 0 fully saturated rings. The molecule has 0 saturated carbocycles. The number of methoxy groups -OCH3 is 1. The van der Waals surface area contributed by atoms with E-state index in [9.17, 15) is 8.78 Å². The van der Waals surface area contributed by atoms with Crippen molar-refractivity contribution in [2.75, 3.05) is 7.11 Å². The molecule has 9 heteroatoms. The summed E-state index contributed by atoms with van der Waals surface area (Å²) in [6.07, 6.45) is 2.93. The number of ether oxygens (including phenoxy) is 2. The van der Waals surface area contributed by atoms with Gasteiger partial charge in [0.1, 0.15) is 12.0 Å². The van der Waals surface area contributed by atoms with Gasteiger partial charge in [0.25, 0.3) is 0 Å². The first-order valence-corrected chi connectivity index (χ1v) is 8.30. The standard InChI is InChI=1S/C17H14F2N2O4S/c1-22-14-7-11(4-5-13(14)25-17(18)19)8-20-24-10-12-9-23-16(21-12)15-3-2-6-26-15/h2-9,17H,10H2,1H3/b20-8+. The lowest BCUT2D eigenvalue weighted by atomic mass is 10.2. The zero-order valence-corrected chi connectivity index (χ0v) is 14.4. The number of hydrogen-bond acceptors (Lipinski definition) is 7. The molecule has 0 unspecified atom stereocenters. The average molecular weight is 380 g/mol. The number of halogens is 2. The quantitative estimate of drug-likeness (QED) is 0.423. The predicted molar refractivity (Wildman–Crippen MR) is 91.8 cm³/mol. The molecule has 1 aromatic carbocycles. The maximum Gasteiger partial charge on any atom is 0.387 e. The fourth-order valence-corrected chi connectivity index (χ4v) is 2.70. The van der Waals surface area contributed by atoms with Crippen LogP contribution in [0.2, 0.25) is 0 Å². The molecule has 0 saturated heterocycles. The molecule has 0 N–H and O–H groups in total. The Kier molecular flexibility index (Phi) is 5.80. The number of benzene rings is 1. The molecular weight excluding hydrogens is 366 g/mol. The summed E-state index contributed by atoms with van der Waals surface area (Å²) in [5.74, 6) is 0.651. The summed E-state index contributed by atoms with van der Waals surface area (Å²) in [6.45, 7) is -2.79. The Labute approximate surface area is 151 Å². The second kappa shape index (κ2) is 8.43. The Morgan fingerprint density at radius 3 is 2.92 bits per heavy atom. The summed E-state index contributed by atoms with van der Waals surface area (Å²) in [6, 6.07) is 8.26. The van der Waals surface area contributed by atoms with Gasteiger partial charge in [0.15, 0.2) is 18.1 Å². The summed E-state index contributed by atoms with van der Waals surface area (Å²) in [5, 5.41) is 5.76. The van der Waals surface area contributed by atoms with Gasteiger partial charge in [0.05, 0.1) is 18.2 Å². The van der Waals surface area contributed by atoms with Gasteiger partial charge >= 0.3 is 6.61 Å². The minimum Gasteiger partial charge on any atom is -0.493 e. The van der Waals surface area contributed by atoms with E-state index < -0.39 is 6.61 Å². The number of nitrogens with zero attached hydrogens (tertiary/aromatic N) is 2. The number of oxazole rings is 1. The van der Waals surface area contributed by atoms with Crippen LogP contribution in [0.1, 0.15) is 11.3 Å². The molecule has 136 valence electrons. The maximum atomic E-state index is 12.3. The van der Waals surface area contributed by atoms with Crippen molar-refractivity contribution >= 4 is 17.6 Å². The largest absolute Gasteiger partial charge is 0.493 e. The second-order valence-electron chi connectivity index (χ2n) is 4.92. The van der Waals surface area contributed by atoms with Crippen molar-refractivity contribution in [3.05, 3.63) is 53.2 Å². The Morgan fingerprint density at radius 2 is 2.19 bits per heavy atom. The normalized spacial score (nSPS) is 11.2. The molecule has 0 bridgehead atoms. The summed E-state index contributed by atoms with van der Waals surface area (Å²) in [4.78, 5) is 10.4. The molecule has 0 spiro atoms. The Bertz CT molecular complexity index is 866. The van der Waals surface area contributed by atoms with E-state index in [0.717, 1.165) is 4.88 Å².